The Kier molecular flexibility index (Phi) is 17.9. The van der Waals surface area contributed by atoms with E-state index in [1.54, 1.807) is 12.1 Å². The molecule has 0 bridgehead atoms. The van der Waals surface area contributed by atoms with Crippen LogP contribution in [0.5, 0.6) is 5.75 Å². The van der Waals surface area contributed by atoms with Gasteiger partial charge in [0.05, 0.1) is 0 Å². The van der Waals surface area contributed by atoms with Crippen LogP contribution in [-0.4, -0.2) is 11.7 Å². The maximum absolute atomic E-state index is 9.85. The average Bonchev–Trinajstić information content (AvgIpc) is 2.67. The molecule has 0 spiro atoms. The van der Waals surface area contributed by atoms with Crippen molar-refractivity contribution in [1.82, 2.24) is 0 Å². The molecule has 0 aliphatic carbocycles. The number of hydrogen-bond donors (Lipinski definition) is 1. The van der Waals surface area contributed by atoms with E-state index in [0.717, 1.165) is 12.3 Å². The van der Waals surface area contributed by atoms with Crippen molar-refractivity contribution in [3.05, 3.63) is 66.2 Å². The molecule has 0 saturated heterocycles. The van der Waals surface area contributed by atoms with Gasteiger partial charge in [0.1, 0.15) is 5.75 Å². The van der Waals surface area contributed by atoms with Crippen LogP contribution in [-0.2, 0) is 4.57 Å². The Bertz CT molecular complexity index is 544. The summed E-state index contributed by atoms with van der Waals surface area (Å²) in [6.45, 7) is 6.99. The van der Waals surface area contributed by atoms with Crippen LogP contribution in [0.3, 0.4) is 0 Å². The lowest BCUT2D eigenvalue weighted by Gasteiger charge is -2.03. The fraction of sp³-hybridized carbons (Fsp3) is 0.478. The van der Waals surface area contributed by atoms with Crippen LogP contribution in [0.1, 0.15) is 57.9 Å². The summed E-state index contributed by atoms with van der Waals surface area (Å²) in [6.07, 6.45) is 7.56. The smallest absolute Gasteiger partial charge is 0.395 e. The molecule has 4 heteroatoms. The molecule has 0 amide bonds. The first-order valence-corrected chi connectivity index (χ1v) is 10.5. The molecule has 0 aliphatic heterocycles. The molecule has 0 saturated carbocycles. The second kappa shape index (κ2) is 19.1. The standard InChI is InChI=1S/C10H22O.C7H8.C6H5O2P/c1-10(2)8-6-4-3-5-7-9-11;1-7-5-3-2-4-6-7;7-9-8-6-4-2-1-3-5-6/h10-11H,3-9H2,1-2H3;2-6H,1H3;1-5H. The van der Waals surface area contributed by atoms with Gasteiger partial charge in [0.15, 0.2) is 0 Å². The van der Waals surface area contributed by atoms with Crippen molar-refractivity contribution in [3.8, 4) is 5.75 Å². The third-order valence-electron chi connectivity index (χ3n) is 3.77. The predicted octanol–water partition coefficient (Wildman–Crippen LogP) is 7.24. The second-order valence-corrected chi connectivity index (χ2v) is 7.14. The topological polar surface area (TPSA) is 46.5 Å². The molecular formula is C23H35O3P. The van der Waals surface area contributed by atoms with Crippen molar-refractivity contribution in [2.45, 2.75) is 59.3 Å². The minimum atomic E-state index is -0.305. The van der Waals surface area contributed by atoms with E-state index in [4.69, 9.17) is 5.11 Å². The van der Waals surface area contributed by atoms with E-state index in [9.17, 15) is 4.57 Å². The van der Waals surface area contributed by atoms with E-state index < -0.39 is 0 Å². The van der Waals surface area contributed by atoms with Crippen molar-refractivity contribution >= 4 is 8.69 Å². The van der Waals surface area contributed by atoms with Crippen molar-refractivity contribution in [2.75, 3.05) is 6.61 Å². The minimum Gasteiger partial charge on any atom is -0.408 e. The summed E-state index contributed by atoms with van der Waals surface area (Å²) in [7, 11) is -0.305. The molecule has 0 fully saturated rings. The molecular weight excluding hydrogens is 355 g/mol. The summed E-state index contributed by atoms with van der Waals surface area (Å²) in [6, 6.07) is 19.3. The summed E-state index contributed by atoms with van der Waals surface area (Å²) >= 11 is 0. The van der Waals surface area contributed by atoms with Gasteiger partial charge in [-0.05, 0) is 31.4 Å². The molecule has 2 aromatic rings. The van der Waals surface area contributed by atoms with Crippen molar-refractivity contribution in [3.63, 3.8) is 0 Å². The third-order valence-corrected chi connectivity index (χ3v) is 4.05. The molecule has 0 aliphatic rings. The molecule has 1 N–H and O–H groups in total. The number of aliphatic hydroxyl groups excluding tert-OH is 1. The van der Waals surface area contributed by atoms with E-state index in [2.05, 4.69) is 37.4 Å². The van der Waals surface area contributed by atoms with Crippen LogP contribution >= 0.6 is 8.69 Å². The van der Waals surface area contributed by atoms with E-state index in [-0.39, 0.29) is 8.69 Å². The van der Waals surface area contributed by atoms with Crippen LogP contribution in [0.15, 0.2) is 60.7 Å². The van der Waals surface area contributed by atoms with E-state index >= 15 is 0 Å². The highest BCUT2D eigenvalue weighted by molar-refractivity contribution is 7.17. The Labute approximate surface area is 167 Å². The van der Waals surface area contributed by atoms with E-state index in [0.29, 0.717) is 12.4 Å². The van der Waals surface area contributed by atoms with Gasteiger partial charge in [-0.25, -0.2) is 4.57 Å². The van der Waals surface area contributed by atoms with Crippen molar-refractivity contribution in [2.24, 2.45) is 5.92 Å². The Hall–Kier alpha value is -1.70. The maximum Gasteiger partial charge on any atom is 0.395 e. The van der Waals surface area contributed by atoms with Crippen LogP contribution in [0.25, 0.3) is 0 Å². The predicted molar refractivity (Wildman–Crippen MR) is 115 cm³/mol. The van der Waals surface area contributed by atoms with Crippen LogP contribution < -0.4 is 4.52 Å². The molecule has 3 nitrogen and oxygen atoms in total. The largest absolute Gasteiger partial charge is 0.408 e. The number of rotatable bonds is 9. The number of hydrogen-bond acceptors (Lipinski definition) is 3. The molecule has 2 aromatic carbocycles. The number of aliphatic hydroxyl groups is 1. The number of benzene rings is 2. The van der Waals surface area contributed by atoms with Gasteiger partial charge in [-0.15, -0.1) is 0 Å². The minimum absolute atomic E-state index is 0.305. The molecule has 0 aromatic heterocycles. The van der Waals surface area contributed by atoms with Gasteiger partial charge in [0.2, 0.25) is 0 Å². The molecule has 0 atom stereocenters. The second-order valence-electron chi connectivity index (χ2n) is 6.81. The summed E-state index contributed by atoms with van der Waals surface area (Å²) in [5.41, 5.74) is 1.32. The molecule has 0 radical (unpaired) electrons. The third kappa shape index (κ3) is 18.9. The van der Waals surface area contributed by atoms with Gasteiger partial charge in [-0.1, -0.05) is 100 Å². The van der Waals surface area contributed by atoms with Crippen LogP contribution in [0.4, 0.5) is 0 Å². The first-order chi connectivity index (χ1) is 13.1. The maximum atomic E-state index is 9.85. The lowest BCUT2D eigenvalue weighted by Crippen LogP contribution is -1.88. The number of unbranched alkanes of at least 4 members (excludes halogenated alkanes) is 4. The quantitative estimate of drug-likeness (QED) is 0.362. The molecule has 0 heterocycles. The summed E-state index contributed by atoms with van der Waals surface area (Å²) in [4.78, 5) is 0. The lowest BCUT2D eigenvalue weighted by molar-refractivity contribution is 0.282. The highest BCUT2D eigenvalue weighted by atomic mass is 31.1. The highest BCUT2D eigenvalue weighted by Gasteiger charge is 1.93. The Balaban J connectivity index is 0.000000383. The summed E-state index contributed by atoms with van der Waals surface area (Å²) in [5.74, 6) is 1.47. The van der Waals surface area contributed by atoms with E-state index in [1.807, 2.05) is 36.4 Å². The number of aryl methyl sites for hydroxylation is 1. The van der Waals surface area contributed by atoms with E-state index in [1.165, 1.54) is 37.7 Å². The highest BCUT2D eigenvalue weighted by Crippen LogP contribution is 2.12. The van der Waals surface area contributed by atoms with Crippen molar-refractivity contribution < 1.29 is 14.2 Å². The zero-order valence-corrected chi connectivity index (χ0v) is 17.9. The van der Waals surface area contributed by atoms with Gasteiger partial charge in [-0.3, -0.25) is 0 Å². The van der Waals surface area contributed by atoms with Crippen LogP contribution in [0, 0.1) is 12.8 Å². The van der Waals surface area contributed by atoms with Gasteiger partial charge < -0.3 is 9.63 Å². The Morgan fingerprint density at radius 1 is 0.852 bits per heavy atom. The monoisotopic (exact) mass is 390 g/mol. The summed E-state index contributed by atoms with van der Waals surface area (Å²) in [5, 5.41) is 8.51. The molecule has 2 rings (SSSR count). The van der Waals surface area contributed by atoms with Crippen molar-refractivity contribution in [1.29, 1.82) is 0 Å². The van der Waals surface area contributed by atoms with Gasteiger partial charge in [-0.2, -0.15) is 0 Å². The summed E-state index contributed by atoms with van der Waals surface area (Å²) < 4.78 is 14.5. The zero-order chi connectivity index (χ0) is 20.2. The molecule has 150 valence electrons. The lowest BCUT2D eigenvalue weighted by atomic mass is 10.0. The number of para-hydroxylation sites is 1. The van der Waals surface area contributed by atoms with Gasteiger partial charge >= 0.3 is 8.69 Å². The average molecular weight is 391 g/mol. The van der Waals surface area contributed by atoms with Gasteiger partial charge in [0.25, 0.3) is 0 Å². The molecule has 0 unspecified atom stereocenters. The first kappa shape index (κ1) is 25.3. The van der Waals surface area contributed by atoms with Crippen LogP contribution in [0.2, 0.25) is 0 Å². The van der Waals surface area contributed by atoms with Gasteiger partial charge in [0, 0.05) is 6.61 Å². The molecule has 27 heavy (non-hydrogen) atoms. The zero-order valence-electron chi connectivity index (χ0n) is 17.0. The normalized spacial score (nSPS) is 9.81. The fourth-order valence-electron chi connectivity index (χ4n) is 2.25. The first-order valence-electron chi connectivity index (χ1n) is 9.77. The SMILES string of the molecule is CC(C)CCCCCCCO.Cc1ccccc1.O=POc1ccccc1. The Morgan fingerprint density at radius 3 is 1.81 bits per heavy atom. The fourth-order valence-corrected chi connectivity index (χ4v) is 2.46. The Morgan fingerprint density at radius 2 is 1.37 bits per heavy atom.